The quantitative estimate of drug-likeness (QED) is 0.372. The van der Waals surface area contributed by atoms with Crippen molar-refractivity contribution in [2.24, 2.45) is 0 Å². The molecule has 8 heteroatoms. The average molecular weight is 463 g/mol. The van der Waals surface area contributed by atoms with Gasteiger partial charge < -0.3 is 4.90 Å². The van der Waals surface area contributed by atoms with E-state index in [1.165, 1.54) is 35.6 Å². The summed E-state index contributed by atoms with van der Waals surface area (Å²) in [5.74, 6) is -0.237. The molecular formula is C25H27FN6S. The van der Waals surface area contributed by atoms with Crippen molar-refractivity contribution < 1.29 is 4.39 Å². The van der Waals surface area contributed by atoms with Crippen molar-refractivity contribution >= 4 is 28.5 Å². The number of hydrogen-bond donors (Lipinski definition) is 0. The normalized spacial score (nSPS) is 17.8. The average Bonchev–Trinajstić information content (AvgIpc) is 3.23. The summed E-state index contributed by atoms with van der Waals surface area (Å²) in [6, 6.07) is 13.1. The Bertz CT molecular complexity index is 1280. The predicted octanol–water partition coefficient (Wildman–Crippen LogP) is 5.13. The number of halogens is 1. The highest BCUT2D eigenvalue weighted by Gasteiger charge is 2.51. The maximum absolute atomic E-state index is 13.3. The van der Waals surface area contributed by atoms with Crippen LogP contribution < -0.4 is 4.90 Å². The Morgan fingerprint density at radius 2 is 1.82 bits per heavy atom. The van der Waals surface area contributed by atoms with Crippen LogP contribution in [0.1, 0.15) is 26.2 Å². The van der Waals surface area contributed by atoms with Crippen molar-refractivity contribution in [3.05, 3.63) is 66.9 Å². The van der Waals surface area contributed by atoms with Crippen LogP contribution in [0.4, 0.5) is 10.1 Å². The molecule has 0 N–H and O–H groups in total. The molecular weight excluding hydrogens is 435 g/mol. The van der Waals surface area contributed by atoms with E-state index < -0.39 is 0 Å². The molecule has 0 unspecified atom stereocenters. The standard InChI is InChI=1S/C25H27FN6S/c1-2-11-29-17-23(16-27-29)33-30-12-13-31(25(18-30)9-10-25)22-7-8-24-19(14-22)15-28-32(24)21-5-3-20(26)4-6-21/h3-8,14-17H,2,9-13,18H2,1H3. The first kappa shape index (κ1) is 20.7. The zero-order chi connectivity index (χ0) is 22.4. The van der Waals surface area contributed by atoms with Crippen molar-refractivity contribution in [2.75, 3.05) is 24.5 Å². The van der Waals surface area contributed by atoms with Crippen LogP contribution in [-0.2, 0) is 6.54 Å². The van der Waals surface area contributed by atoms with Gasteiger partial charge in [0.25, 0.3) is 0 Å². The Kier molecular flexibility index (Phi) is 5.14. The molecule has 1 spiro atoms. The van der Waals surface area contributed by atoms with Crippen LogP contribution >= 0.6 is 11.9 Å². The Labute approximate surface area is 197 Å². The number of aromatic nitrogens is 4. The molecule has 1 saturated carbocycles. The summed E-state index contributed by atoms with van der Waals surface area (Å²) in [5, 5.41) is 10.1. The maximum Gasteiger partial charge on any atom is 0.123 e. The van der Waals surface area contributed by atoms with Crippen LogP contribution in [0, 0.1) is 5.82 Å². The summed E-state index contributed by atoms with van der Waals surface area (Å²) in [6.07, 6.45) is 9.60. The molecule has 170 valence electrons. The van der Waals surface area contributed by atoms with Crippen molar-refractivity contribution in [2.45, 2.75) is 43.2 Å². The second-order valence-electron chi connectivity index (χ2n) is 9.05. The van der Waals surface area contributed by atoms with E-state index in [2.05, 4.69) is 50.7 Å². The largest absolute Gasteiger partial charge is 0.363 e. The smallest absolute Gasteiger partial charge is 0.123 e. The molecule has 0 radical (unpaired) electrons. The monoisotopic (exact) mass is 462 g/mol. The first-order valence-corrected chi connectivity index (χ1v) is 12.4. The molecule has 6 rings (SSSR count). The van der Waals surface area contributed by atoms with E-state index in [0.717, 1.165) is 49.2 Å². The van der Waals surface area contributed by atoms with Gasteiger partial charge in [-0.05, 0) is 73.7 Å². The Morgan fingerprint density at radius 3 is 2.61 bits per heavy atom. The molecule has 4 aromatic rings. The second-order valence-corrected chi connectivity index (χ2v) is 10.2. The van der Waals surface area contributed by atoms with E-state index in [0.29, 0.717) is 0 Å². The minimum Gasteiger partial charge on any atom is -0.363 e. The number of piperazine rings is 1. The number of nitrogens with zero attached hydrogens (tertiary/aromatic N) is 6. The molecule has 3 heterocycles. The van der Waals surface area contributed by atoms with Crippen LogP contribution in [0.25, 0.3) is 16.6 Å². The third-order valence-electron chi connectivity index (χ3n) is 6.67. The zero-order valence-electron chi connectivity index (χ0n) is 18.7. The van der Waals surface area contributed by atoms with E-state index in [4.69, 9.17) is 0 Å². The van der Waals surface area contributed by atoms with Crippen molar-refractivity contribution in [1.82, 2.24) is 23.9 Å². The minimum absolute atomic E-state index is 0.227. The molecule has 1 saturated heterocycles. The fraction of sp³-hybridized carbons (Fsp3) is 0.360. The lowest BCUT2D eigenvalue weighted by atomic mass is 10.1. The van der Waals surface area contributed by atoms with Gasteiger partial charge in [0, 0.05) is 43.4 Å². The SMILES string of the molecule is CCCn1cc(SN2CCN(c3ccc4c(cnn4-c4ccc(F)cc4)c3)C3(CC3)C2)cn1. The molecule has 2 aromatic heterocycles. The summed E-state index contributed by atoms with van der Waals surface area (Å²) in [4.78, 5) is 3.82. The van der Waals surface area contributed by atoms with Gasteiger partial charge in [0.15, 0.2) is 0 Å². The van der Waals surface area contributed by atoms with E-state index in [1.807, 2.05) is 33.7 Å². The Hall–Kier alpha value is -2.84. The highest BCUT2D eigenvalue weighted by atomic mass is 32.2. The molecule has 0 bridgehead atoms. The predicted molar refractivity (Wildman–Crippen MR) is 130 cm³/mol. The lowest BCUT2D eigenvalue weighted by molar-refractivity contribution is 0.348. The molecule has 2 aliphatic rings. The van der Waals surface area contributed by atoms with E-state index in [9.17, 15) is 4.39 Å². The Morgan fingerprint density at radius 1 is 1.00 bits per heavy atom. The van der Waals surface area contributed by atoms with Gasteiger partial charge in [0.2, 0.25) is 0 Å². The topological polar surface area (TPSA) is 42.1 Å². The van der Waals surface area contributed by atoms with Crippen molar-refractivity contribution in [3.63, 3.8) is 0 Å². The fourth-order valence-corrected chi connectivity index (χ4v) is 5.90. The van der Waals surface area contributed by atoms with Gasteiger partial charge in [-0.15, -0.1) is 0 Å². The van der Waals surface area contributed by atoms with Crippen LogP contribution in [0.3, 0.4) is 0 Å². The van der Waals surface area contributed by atoms with Gasteiger partial charge in [-0.1, -0.05) is 6.92 Å². The van der Waals surface area contributed by atoms with Gasteiger partial charge in [0.1, 0.15) is 5.82 Å². The number of rotatable bonds is 6. The highest BCUT2D eigenvalue weighted by Crippen LogP contribution is 2.48. The number of aryl methyl sites for hydroxylation is 1. The third kappa shape index (κ3) is 3.91. The first-order valence-electron chi connectivity index (χ1n) is 11.6. The van der Waals surface area contributed by atoms with Crippen molar-refractivity contribution in [1.29, 1.82) is 0 Å². The highest BCUT2D eigenvalue weighted by molar-refractivity contribution is 7.97. The third-order valence-corrected chi connectivity index (χ3v) is 7.67. The minimum atomic E-state index is -0.237. The lowest BCUT2D eigenvalue weighted by Gasteiger charge is -2.43. The fourth-order valence-electron chi connectivity index (χ4n) is 4.86. The number of anilines is 1. The molecule has 2 aromatic carbocycles. The zero-order valence-corrected chi connectivity index (χ0v) is 19.5. The van der Waals surface area contributed by atoms with Crippen LogP contribution in [0.15, 0.2) is 66.0 Å². The second kappa shape index (κ2) is 8.18. The van der Waals surface area contributed by atoms with Crippen LogP contribution in [0.2, 0.25) is 0 Å². The first-order chi connectivity index (χ1) is 16.1. The number of fused-ring (bicyclic) bond motifs is 1. The van der Waals surface area contributed by atoms with E-state index in [-0.39, 0.29) is 11.4 Å². The van der Waals surface area contributed by atoms with Gasteiger partial charge in [-0.3, -0.25) is 4.68 Å². The molecule has 0 atom stereocenters. The summed E-state index contributed by atoms with van der Waals surface area (Å²) < 4.78 is 19.7. The van der Waals surface area contributed by atoms with Crippen LogP contribution in [-0.4, -0.2) is 49.0 Å². The van der Waals surface area contributed by atoms with Crippen LogP contribution in [0.5, 0.6) is 0 Å². The summed E-state index contributed by atoms with van der Waals surface area (Å²) >= 11 is 1.84. The lowest BCUT2D eigenvalue weighted by Crippen LogP contribution is -2.53. The van der Waals surface area contributed by atoms with E-state index >= 15 is 0 Å². The van der Waals surface area contributed by atoms with Gasteiger partial charge in [0.05, 0.1) is 34.0 Å². The number of hydrogen-bond acceptors (Lipinski definition) is 5. The molecule has 33 heavy (non-hydrogen) atoms. The molecule has 1 aliphatic carbocycles. The van der Waals surface area contributed by atoms with E-state index in [1.54, 1.807) is 12.1 Å². The molecule has 1 aliphatic heterocycles. The van der Waals surface area contributed by atoms with Gasteiger partial charge >= 0.3 is 0 Å². The maximum atomic E-state index is 13.3. The molecule has 6 nitrogen and oxygen atoms in total. The van der Waals surface area contributed by atoms with Gasteiger partial charge in [-0.2, -0.15) is 10.2 Å². The van der Waals surface area contributed by atoms with Gasteiger partial charge in [-0.25, -0.2) is 13.4 Å². The summed E-state index contributed by atoms with van der Waals surface area (Å²) in [7, 11) is 0. The summed E-state index contributed by atoms with van der Waals surface area (Å²) in [6.45, 7) is 6.23. The Balaban J connectivity index is 1.20. The van der Waals surface area contributed by atoms with Crippen molar-refractivity contribution in [3.8, 4) is 5.69 Å². The summed E-state index contributed by atoms with van der Waals surface area (Å²) in [5.41, 5.74) is 3.39. The number of benzene rings is 2. The molecule has 0 amide bonds. The molecule has 2 fully saturated rings.